The van der Waals surface area contributed by atoms with E-state index in [2.05, 4.69) is 25.3 Å². The average molecular weight is 330 g/mol. The summed E-state index contributed by atoms with van der Waals surface area (Å²) >= 11 is 0. The Hall–Kier alpha value is -2.48. The van der Waals surface area contributed by atoms with E-state index in [4.69, 9.17) is 4.74 Å². The molecule has 1 N–H and O–H groups in total. The van der Waals surface area contributed by atoms with Crippen LogP contribution in [-0.2, 0) is 16.1 Å². The molecular formula is C16H22N6O2. The fraction of sp³-hybridized carbons (Fsp3) is 0.500. The lowest BCUT2D eigenvalue weighted by Crippen LogP contribution is -2.37. The number of aromatic nitrogens is 4. The number of amides is 1. The van der Waals surface area contributed by atoms with Crippen LogP contribution in [0, 0.1) is 0 Å². The van der Waals surface area contributed by atoms with Crippen molar-refractivity contribution in [3.63, 3.8) is 0 Å². The van der Waals surface area contributed by atoms with Crippen molar-refractivity contribution in [3.8, 4) is 0 Å². The maximum atomic E-state index is 12.4. The van der Waals surface area contributed by atoms with Crippen molar-refractivity contribution in [2.45, 2.75) is 25.9 Å². The molecule has 0 radical (unpaired) electrons. The Kier molecular flexibility index (Phi) is 5.37. The standard InChI is InChI=1S/C16H22N6O2/c1-2-14(22-5-3-4-20-22)16(23)17-11-13-10-15(19-12-18-13)21-6-8-24-9-7-21/h3-5,10,12,14H,2,6-9,11H2,1H3,(H,17,23)/t14-/m0/s1. The summed E-state index contributed by atoms with van der Waals surface area (Å²) in [7, 11) is 0. The van der Waals surface area contributed by atoms with Crippen LogP contribution in [0.15, 0.2) is 30.9 Å². The van der Waals surface area contributed by atoms with Gasteiger partial charge in [-0.05, 0) is 12.5 Å². The molecule has 0 aromatic carbocycles. The molecule has 2 aromatic heterocycles. The van der Waals surface area contributed by atoms with Crippen molar-refractivity contribution < 1.29 is 9.53 Å². The number of nitrogens with zero attached hydrogens (tertiary/aromatic N) is 5. The van der Waals surface area contributed by atoms with E-state index in [1.807, 2.05) is 19.1 Å². The number of rotatable bonds is 6. The largest absolute Gasteiger partial charge is 0.378 e. The highest BCUT2D eigenvalue weighted by Gasteiger charge is 2.19. The summed E-state index contributed by atoms with van der Waals surface area (Å²) in [4.78, 5) is 23.1. The topological polar surface area (TPSA) is 85.2 Å². The Morgan fingerprint density at radius 2 is 2.21 bits per heavy atom. The van der Waals surface area contributed by atoms with Crippen LogP contribution >= 0.6 is 0 Å². The molecule has 24 heavy (non-hydrogen) atoms. The molecule has 1 amide bonds. The van der Waals surface area contributed by atoms with Crippen LogP contribution in [0.3, 0.4) is 0 Å². The van der Waals surface area contributed by atoms with E-state index in [1.54, 1.807) is 17.1 Å². The van der Waals surface area contributed by atoms with Crippen LogP contribution in [-0.4, -0.2) is 52.0 Å². The zero-order valence-electron chi connectivity index (χ0n) is 13.8. The number of hydrogen-bond acceptors (Lipinski definition) is 6. The molecule has 1 aliphatic rings. The minimum absolute atomic E-state index is 0.0623. The molecule has 1 aliphatic heterocycles. The first-order valence-corrected chi connectivity index (χ1v) is 8.18. The molecule has 1 saturated heterocycles. The normalized spacial score (nSPS) is 16.0. The second-order valence-electron chi connectivity index (χ2n) is 5.59. The quantitative estimate of drug-likeness (QED) is 0.842. The minimum Gasteiger partial charge on any atom is -0.378 e. The first kappa shape index (κ1) is 16.4. The van der Waals surface area contributed by atoms with E-state index in [1.165, 1.54) is 6.33 Å². The Balaban J connectivity index is 1.60. The van der Waals surface area contributed by atoms with Crippen LogP contribution in [0.25, 0.3) is 0 Å². The van der Waals surface area contributed by atoms with Gasteiger partial charge in [0.2, 0.25) is 5.91 Å². The maximum Gasteiger partial charge on any atom is 0.245 e. The van der Waals surface area contributed by atoms with Gasteiger partial charge in [-0.15, -0.1) is 0 Å². The van der Waals surface area contributed by atoms with E-state index in [-0.39, 0.29) is 11.9 Å². The van der Waals surface area contributed by atoms with Crippen molar-refractivity contribution >= 4 is 11.7 Å². The summed E-state index contributed by atoms with van der Waals surface area (Å²) in [6.45, 7) is 5.39. The van der Waals surface area contributed by atoms with Gasteiger partial charge in [0.25, 0.3) is 0 Å². The van der Waals surface area contributed by atoms with Crippen LogP contribution in [0.1, 0.15) is 25.1 Å². The van der Waals surface area contributed by atoms with E-state index in [0.29, 0.717) is 26.2 Å². The molecule has 8 heteroatoms. The fourth-order valence-electron chi connectivity index (χ4n) is 2.70. The van der Waals surface area contributed by atoms with Crippen LogP contribution in [0.5, 0.6) is 0 Å². The smallest absolute Gasteiger partial charge is 0.245 e. The van der Waals surface area contributed by atoms with Crippen LogP contribution in [0.4, 0.5) is 5.82 Å². The van der Waals surface area contributed by atoms with Gasteiger partial charge in [-0.25, -0.2) is 9.97 Å². The molecule has 0 aliphatic carbocycles. The zero-order valence-corrected chi connectivity index (χ0v) is 13.8. The van der Waals surface area contributed by atoms with Crippen molar-refractivity contribution in [3.05, 3.63) is 36.5 Å². The molecular weight excluding hydrogens is 308 g/mol. The van der Waals surface area contributed by atoms with Gasteiger partial charge in [-0.3, -0.25) is 9.48 Å². The van der Waals surface area contributed by atoms with Gasteiger partial charge in [0.05, 0.1) is 25.5 Å². The Labute approximate surface area is 140 Å². The molecule has 0 saturated carbocycles. The highest BCUT2D eigenvalue weighted by Crippen LogP contribution is 2.13. The maximum absolute atomic E-state index is 12.4. The van der Waals surface area contributed by atoms with E-state index in [0.717, 1.165) is 24.6 Å². The van der Waals surface area contributed by atoms with Gasteiger partial charge in [0.1, 0.15) is 18.2 Å². The first-order chi connectivity index (χ1) is 11.8. The van der Waals surface area contributed by atoms with Crippen LogP contribution in [0.2, 0.25) is 0 Å². The molecule has 0 spiro atoms. The zero-order chi connectivity index (χ0) is 16.8. The number of ether oxygens (including phenoxy) is 1. The second kappa shape index (κ2) is 7.87. The third-order valence-corrected chi connectivity index (χ3v) is 4.02. The molecule has 3 rings (SSSR count). The summed E-state index contributed by atoms with van der Waals surface area (Å²) in [5, 5.41) is 7.09. The lowest BCUT2D eigenvalue weighted by Gasteiger charge is -2.27. The van der Waals surface area contributed by atoms with Crippen LogP contribution < -0.4 is 10.2 Å². The van der Waals surface area contributed by atoms with Gasteiger partial charge >= 0.3 is 0 Å². The van der Waals surface area contributed by atoms with Gasteiger partial charge in [-0.2, -0.15) is 5.10 Å². The van der Waals surface area contributed by atoms with Gasteiger partial charge in [0, 0.05) is 31.5 Å². The predicted octanol–water partition coefficient (Wildman–Crippen LogP) is 0.777. The molecule has 0 bridgehead atoms. The summed E-state index contributed by atoms with van der Waals surface area (Å²) in [6.07, 6.45) is 5.69. The number of carbonyl (C=O) groups is 1. The SMILES string of the molecule is CC[C@@H](C(=O)NCc1cc(N2CCOCC2)ncn1)n1cccn1. The van der Waals surface area contributed by atoms with E-state index in [9.17, 15) is 4.79 Å². The summed E-state index contributed by atoms with van der Waals surface area (Å²) < 4.78 is 7.03. The van der Waals surface area contributed by atoms with Gasteiger partial charge < -0.3 is 15.0 Å². The van der Waals surface area contributed by atoms with E-state index < -0.39 is 0 Å². The van der Waals surface area contributed by atoms with Crippen molar-refractivity contribution in [1.82, 2.24) is 25.1 Å². The summed E-state index contributed by atoms with van der Waals surface area (Å²) in [5.41, 5.74) is 0.787. The lowest BCUT2D eigenvalue weighted by molar-refractivity contribution is -0.124. The van der Waals surface area contributed by atoms with Crippen molar-refractivity contribution in [2.75, 3.05) is 31.2 Å². The molecule has 1 atom stereocenters. The molecule has 3 heterocycles. The lowest BCUT2D eigenvalue weighted by atomic mass is 10.2. The van der Waals surface area contributed by atoms with Gasteiger partial charge in [-0.1, -0.05) is 6.92 Å². The first-order valence-electron chi connectivity index (χ1n) is 8.18. The molecule has 128 valence electrons. The number of morpholine rings is 1. The highest BCUT2D eigenvalue weighted by molar-refractivity contribution is 5.80. The fourth-order valence-corrected chi connectivity index (χ4v) is 2.70. The van der Waals surface area contributed by atoms with Crippen molar-refractivity contribution in [2.24, 2.45) is 0 Å². The number of carbonyl (C=O) groups excluding carboxylic acids is 1. The third kappa shape index (κ3) is 3.88. The second-order valence-corrected chi connectivity index (χ2v) is 5.59. The highest BCUT2D eigenvalue weighted by atomic mass is 16.5. The minimum atomic E-state index is -0.305. The average Bonchev–Trinajstić information content (AvgIpc) is 3.16. The van der Waals surface area contributed by atoms with E-state index >= 15 is 0 Å². The number of anilines is 1. The van der Waals surface area contributed by atoms with Crippen molar-refractivity contribution in [1.29, 1.82) is 0 Å². The molecule has 0 unspecified atom stereocenters. The van der Waals surface area contributed by atoms with Gasteiger partial charge in [0.15, 0.2) is 0 Å². The summed E-state index contributed by atoms with van der Waals surface area (Å²) in [6, 6.07) is 3.43. The molecule has 2 aromatic rings. The Morgan fingerprint density at radius 1 is 1.38 bits per heavy atom. The monoisotopic (exact) mass is 330 g/mol. The predicted molar refractivity (Wildman–Crippen MR) is 88.5 cm³/mol. The Morgan fingerprint density at radius 3 is 2.92 bits per heavy atom. The molecule has 1 fully saturated rings. The molecule has 8 nitrogen and oxygen atoms in total. The summed E-state index contributed by atoms with van der Waals surface area (Å²) in [5.74, 6) is 0.810. The number of nitrogens with one attached hydrogen (secondary N) is 1. The Bertz CT molecular complexity index is 654. The third-order valence-electron chi connectivity index (χ3n) is 4.02. The number of hydrogen-bond donors (Lipinski definition) is 1.